The fourth-order valence-electron chi connectivity index (χ4n) is 1.93. The average molecular weight is 274 g/mol. The maximum absolute atomic E-state index is 13.4. The van der Waals surface area contributed by atoms with E-state index in [-0.39, 0.29) is 17.3 Å². The van der Waals surface area contributed by atoms with Gasteiger partial charge in [0.15, 0.2) is 0 Å². The molecule has 0 fully saturated rings. The Hall–Kier alpha value is -2.43. The first kappa shape index (κ1) is 14.0. The van der Waals surface area contributed by atoms with Crippen LogP contribution in [-0.2, 0) is 6.42 Å². The molecule has 1 heterocycles. The SMILES string of the molecule is Cc1cc(C(=O)NCCc2ccccc2F)cc(=O)[nH]1. The van der Waals surface area contributed by atoms with Gasteiger partial charge in [-0.25, -0.2) is 4.39 Å². The maximum atomic E-state index is 13.4. The van der Waals surface area contributed by atoms with Crippen molar-refractivity contribution in [3.05, 3.63) is 69.4 Å². The van der Waals surface area contributed by atoms with E-state index in [1.54, 1.807) is 31.2 Å². The summed E-state index contributed by atoms with van der Waals surface area (Å²) < 4.78 is 13.4. The maximum Gasteiger partial charge on any atom is 0.251 e. The number of nitrogens with one attached hydrogen (secondary N) is 2. The predicted molar refractivity (Wildman–Crippen MR) is 74.2 cm³/mol. The van der Waals surface area contributed by atoms with E-state index in [1.165, 1.54) is 12.1 Å². The molecule has 104 valence electrons. The van der Waals surface area contributed by atoms with Crippen molar-refractivity contribution < 1.29 is 9.18 Å². The number of pyridine rings is 1. The largest absolute Gasteiger partial charge is 0.352 e. The Labute approximate surface area is 115 Å². The zero-order chi connectivity index (χ0) is 14.5. The molecular weight excluding hydrogens is 259 g/mol. The quantitative estimate of drug-likeness (QED) is 0.893. The summed E-state index contributed by atoms with van der Waals surface area (Å²) in [6.45, 7) is 2.02. The lowest BCUT2D eigenvalue weighted by molar-refractivity contribution is 0.0953. The summed E-state index contributed by atoms with van der Waals surface area (Å²) in [4.78, 5) is 25.7. The van der Waals surface area contributed by atoms with E-state index < -0.39 is 0 Å². The number of aromatic amines is 1. The van der Waals surface area contributed by atoms with Crippen LogP contribution < -0.4 is 10.9 Å². The third-order valence-electron chi connectivity index (χ3n) is 2.88. The third kappa shape index (κ3) is 3.54. The highest BCUT2D eigenvalue weighted by Gasteiger charge is 2.07. The summed E-state index contributed by atoms with van der Waals surface area (Å²) in [6.07, 6.45) is 0.403. The molecule has 0 spiro atoms. The van der Waals surface area contributed by atoms with Crippen molar-refractivity contribution in [1.29, 1.82) is 0 Å². The number of aromatic nitrogens is 1. The van der Waals surface area contributed by atoms with Gasteiger partial charge in [0.2, 0.25) is 5.56 Å². The van der Waals surface area contributed by atoms with Gasteiger partial charge in [-0.05, 0) is 31.0 Å². The molecular formula is C15H15FN2O2. The van der Waals surface area contributed by atoms with Gasteiger partial charge < -0.3 is 10.3 Å². The first-order chi connectivity index (χ1) is 9.56. The van der Waals surface area contributed by atoms with Crippen LogP contribution in [-0.4, -0.2) is 17.4 Å². The summed E-state index contributed by atoms with van der Waals surface area (Å²) in [5.74, 6) is -0.621. The van der Waals surface area contributed by atoms with E-state index in [0.717, 1.165) is 0 Å². The number of carbonyl (C=O) groups excluding carboxylic acids is 1. The molecule has 2 N–H and O–H groups in total. The fourth-order valence-corrected chi connectivity index (χ4v) is 1.93. The lowest BCUT2D eigenvalue weighted by Gasteiger charge is -2.06. The summed E-state index contributed by atoms with van der Waals surface area (Å²) in [5.41, 5.74) is 1.16. The Morgan fingerprint density at radius 2 is 2.05 bits per heavy atom. The van der Waals surface area contributed by atoms with Crippen molar-refractivity contribution in [3.63, 3.8) is 0 Å². The molecule has 0 aliphatic carbocycles. The second-order valence-electron chi connectivity index (χ2n) is 4.51. The lowest BCUT2D eigenvalue weighted by Crippen LogP contribution is -2.27. The van der Waals surface area contributed by atoms with Crippen molar-refractivity contribution in [2.75, 3.05) is 6.54 Å². The molecule has 0 radical (unpaired) electrons. The topological polar surface area (TPSA) is 62.0 Å². The third-order valence-corrected chi connectivity index (χ3v) is 2.88. The molecule has 20 heavy (non-hydrogen) atoms. The van der Waals surface area contributed by atoms with E-state index in [0.29, 0.717) is 29.8 Å². The van der Waals surface area contributed by atoms with Crippen molar-refractivity contribution in [1.82, 2.24) is 10.3 Å². The van der Waals surface area contributed by atoms with E-state index in [9.17, 15) is 14.0 Å². The van der Waals surface area contributed by atoms with Gasteiger partial charge in [-0.2, -0.15) is 0 Å². The molecule has 2 rings (SSSR count). The van der Waals surface area contributed by atoms with Crippen molar-refractivity contribution >= 4 is 5.91 Å². The zero-order valence-corrected chi connectivity index (χ0v) is 11.1. The molecule has 1 aromatic carbocycles. The number of rotatable bonds is 4. The standard InChI is InChI=1S/C15H15FN2O2/c1-10-8-12(9-14(19)18-10)15(20)17-7-6-11-4-2-3-5-13(11)16/h2-5,8-9H,6-7H2,1H3,(H,17,20)(H,18,19). The summed E-state index contributed by atoms with van der Waals surface area (Å²) >= 11 is 0. The van der Waals surface area contributed by atoms with E-state index >= 15 is 0 Å². The van der Waals surface area contributed by atoms with Crippen molar-refractivity contribution in [2.45, 2.75) is 13.3 Å². The van der Waals surface area contributed by atoms with Crippen LogP contribution in [0.2, 0.25) is 0 Å². The van der Waals surface area contributed by atoms with Crippen LogP contribution in [0.4, 0.5) is 4.39 Å². The van der Waals surface area contributed by atoms with Crippen molar-refractivity contribution in [3.8, 4) is 0 Å². The molecule has 0 unspecified atom stereocenters. The first-order valence-corrected chi connectivity index (χ1v) is 6.29. The number of halogens is 1. The highest BCUT2D eigenvalue weighted by atomic mass is 19.1. The summed E-state index contributed by atoms with van der Waals surface area (Å²) in [7, 11) is 0. The number of carbonyl (C=O) groups is 1. The molecule has 0 aliphatic heterocycles. The van der Waals surface area contributed by atoms with Crippen LogP contribution in [0.5, 0.6) is 0 Å². The van der Waals surface area contributed by atoms with Crippen LogP contribution >= 0.6 is 0 Å². The monoisotopic (exact) mass is 274 g/mol. The van der Waals surface area contributed by atoms with Crippen molar-refractivity contribution in [2.24, 2.45) is 0 Å². The Bertz CT molecular complexity index is 680. The van der Waals surface area contributed by atoms with E-state index in [4.69, 9.17) is 0 Å². The molecule has 0 saturated heterocycles. The molecule has 1 amide bonds. The van der Waals surface area contributed by atoms with Crippen LogP contribution in [0, 0.1) is 12.7 Å². The Morgan fingerprint density at radius 1 is 1.30 bits per heavy atom. The molecule has 0 atom stereocenters. The number of hydrogen-bond acceptors (Lipinski definition) is 2. The Kier molecular flexibility index (Phi) is 4.30. The minimum Gasteiger partial charge on any atom is -0.352 e. The molecule has 0 bridgehead atoms. The van der Waals surface area contributed by atoms with Gasteiger partial charge in [0, 0.05) is 23.9 Å². The number of benzene rings is 1. The second-order valence-corrected chi connectivity index (χ2v) is 4.51. The molecule has 5 heteroatoms. The van der Waals surface area contributed by atoms with E-state index in [1.807, 2.05) is 0 Å². The van der Waals surface area contributed by atoms with Crippen LogP contribution in [0.15, 0.2) is 41.2 Å². The van der Waals surface area contributed by atoms with Gasteiger partial charge >= 0.3 is 0 Å². The normalized spacial score (nSPS) is 10.3. The average Bonchev–Trinajstić information content (AvgIpc) is 2.39. The van der Waals surface area contributed by atoms with Crippen LogP contribution in [0.25, 0.3) is 0 Å². The second kappa shape index (κ2) is 6.14. The van der Waals surface area contributed by atoms with E-state index in [2.05, 4.69) is 10.3 Å². The minimum atomic E-state index is -0.337. The van der Waals surface area contributed by atoms with Gasteiger partial charge in [-0.1, -0.05) is 18.2 Å². The first-order valence-electron chi connectivity index (χ1n) is 6.29. The number of H-pyrrole nitrogens is 1. The predicted octanol–water partition coefficient (Wildman–Crippen LogP) is 1.79. The molecule has 0 aliphatic rings. The smallest absolute Gasteiger partial charge is 0.251 e. The van der Waals surface area contributed by atoms with Gasteiger partial charge in [-0.3, -0.25) is 9.59 Å². The van der Waals surface area contributed by atoms with Crippen LogP contribution in [0.1, 0.15) is 21.6 Å². The zero-order valence-electron chi connectivity index (χ0n) is 11.1. The summed E-state index contributed by atoms with van der Waals surface area (Å²) in [5, 5.41) is 2.67. The molecule has 1 aromatic heterocycles. The number of amides is 1. The Balaban J connectivity index is 1.96. The number of hydrogen-bond donors (Lipinski definition) is 2. The summed E-state index contributed by atoms with van der Waals surface area (Å²) in [6, 6.07) is 9.28. The lowest BCUT2D eigenvalue weighted by atomic mass is 10.1. The van der Waals surface area contributed by atoms with Gasteiger partial charge in [-0.15, -0.1) is 0 Å². The highest BCUT2D eigenvalue weighted by molar-refractivity contribution is 5.94. The Morgan fingerprint density at radius 3 is 2.75 bits per heavy atom. The molecule has 4 nitrogen and oxygen atoms in total. The van der Waals surface area contributed by atoms with Gasteiger partial charge in [0.25, 0.3) is 5.91 Å². The highest BCUT2D eigenvalue weighted by Crippen LogP contribution is 2.06. The fraction of sp³-hybridized carbons (Fsp3) is 0.200. The van der Waals surface area contributed by atoms with Crippen LogP contribution in [0.3, 0.4) is 0 Å². The molecule has 0 saturated carbocycles. The molecule has 2 aromatic rings. The number of aryl methyl sites for hydroxylation is 1. The van der Waals surface area contributed by atoms with Gasteiger partial charge in [0.05, 0.1) is 0 Å². The minimum absolute atomic E-state index is 0.284. The van der Waals surface area contributed by atoms with Gasteiger partial charge in [0.1, 0.15) is 5.82 Å².